The van der Waals surface area contributed by atoms with Crippen LogP contribution in [0.1, 0.15) is 30.9 Å². The molecule has 2 heterocycles. The van der Waals surface area contributed by atoms with Gasteiger partial charge in [0.25, 0.3) is 0 Å². The van der Waals surface area contributed by atoms with E-state index in [0.717, 1.165) is 32.5 Å². The quantitative estimate of drug-likeness (QED) is 0.795. The Labute approximate surface area is 109 Å². The van der Waals surface area contributed by atoms with Crippen LogP contribution in [0.4, 0.5) is 11.4 Å². The Morgan fingerprint density at radius 3 is 2.61 bits per heavy atom. The summed E-state index contributed by atoms with van der Waals surface area (Å²) in [5.41, 5.74) is 5.44. The second kappa shape index (κ2) is 4.30. The Bertz CT molecular complexity index is 505. The van der Waals surface area contributed by atoms with Gasteiger partial charge in [-0.25, -0.2) is 0 Å². The number of nitrogens with zero attached hydrogens (tertiary/aromatic N) is 3. The minimum Gasteiger partial charge on any atom is -0.310 e. The lowest BCUT2D eigenvalue weighted by molar-refractivity contribution is 0.781. The van der Waals surface area contributed by atoms with E-state index in [1.165, 1.54) is 28.5 Å². The molecule has 0 atom stereocenters. The number of guanidine groups is 1. The van der Waals surface area contributed by atoms with Crippen molar-refractivity contribution >= 4 is 17.3 Å². The normalized spacial score (nSPS) is 17.6. The van der Waals surface area contributed by atoms with E-state index >= 15 is 0 Å². The van der Waals surface area contributed by atoms with Gasteiger partial charge in [-0.05, 0) is 49.9 Å². The van der Waals surface area contributed by atoms with Crippen LogP contribution >= 0.6 is 0 Å². The Morgan fingerprint density at radius 2 is 1.89 bits per heavy atom. The highest BCUT2D eigenvalue weighted by Crippen LogP contribution is 2.40. The van der Waals surface area contributed by atoms with Gasteiger partial charge in [0, 0.05) is 19.6 Å². The van der Waals surface area contributed by atoms with Crippen LogP contribution in [-0.2, 0) is 0 Å². The van der Waals surface area contributed by atoms with Gasteiger partial charge in [0.2, 0.25) is 5.96 Å². The molecule has 3 rings (SSSR count). The molecule has 2 aliphatic heterocycles. The van der Waals surface area contributed by atoms with Gasteiger partial charge in [0.1, 0.15) is 0 Å². The zero-order chi connectivity index (χ0) is 12.7. The van der Waals surface area contributed by atoms with E-state index in [1.807, 2.05) is 0 Å². The largest absolute Gasteiger partial charge is 0.310 e. The fraction of sp³-hybridized carbons (Fsp3) is 0.533. The topological polar surface area (TPSA) is 18.8 Å². The molecule has 0 unspecified atom stereocenters. The van der Waals surface area contributed by atoms with Gasteiger partial charge < -0.3 is 9.80 Å². The van der Waals surface area contributed by atoms with Gasteiger partial charge in [-0.2, -0.15) is 0 Å². The third-order valence-electron chi connectivity index (χ3n) is 3.90. The number of anilines is 2. The van der Waals surface area contributed by atoms with Crippen LogP contribution in [0, 0.1) is 13.8 Å². The van der Waals surface area contributed by atoms with Crippen molar-refractivity contribution in [2.45, 2.75) is 33.6 Å². The lowest BCUT2D eigenvalue weighted by atomic mass is 10.1. The molecule has 0 saturated heterocycles. The minimum absolute atomic E-state index is 0.970. The molecule has 3 heteroatoms. The lowest BCUT2D eigenvalue weighted by Gasteiger charge is -2.26. The average Bonchev–Trinajstić information content (AvgIpc) is 2.66. The zero-order valence-electron chi connectivity index (χ0n) is 11.5. The molecule has 18 heavy (non-hydrogen) atoms. The van der Waals surface area contributed by atoms with Crippen molar-refractivity contribution in [1.82, 2.24) is 0 Å². The Hall–Kier alpha value is -1.51. The van der Waals surface area contributed by atoms with Crippen LogP contribution < -0.4 is 9.80 Å². The molecule has 0 aromatic heterocycles. The van der Waals surface area contributed by atoms with E-state index in [2.05, 4.69) is 42.7 Å². The Morgan fingerprint density at radius 1 is 1.17 bits per heavy atom. The minimum atomic E-state index is 0.970. The molecule has 3 nitrogen and oxygen atoms in total. The molecule has 96 valence electrons. The van der Waals surface area contributed by atoms with Gasteiger partial charge in [-0.3, -0.25) is 4.99 Å². The van der Waals surface area contributed by atoms with Crippen LogP contribution in [0.15, 0.2) is 17.1 Å². The maximum Gasteiger partial charge on any atom is 0.205 e. The van der Waals surface area contributed by atoms with Crippen molar-refractivity contribution in [3.05, 3.63) is 23.3 Å². The van der Waals surface area contributed by atoms with Crippen LogP contribution in [0.3, 0.4) is 0 Å². The summed E-state index contributed by atoms with van der Waals surface area (Å²) in [5, 5.41) is 0. The highest BCUT2D eigenvalue weighted by molar-refractivity contribution is 6.16. The zero-order valence-corrected chi connectivity index (χ0v) is 11.5. The monoisotopic (exact) mass is 243 g/mol. The lowest BCUT2D eigenvalue weighted by Crippen LogP contribution is -2.42. The van der Waals surface area contributed by atoms with E-state index in [0.29, 0.717) is 0 Å². The van der Waals surface area contributed by atoms with E-state index in [-0.39, 0.29) is 0 Å². The van der Waals surface area contributed by atoms with Crippen molar-refractivity contribution in [2.24, 2.45) is 4.99 Å². The van der Waals surface area contributed by atoms with Gasteiger partial charge in [0.15, 0.2) is 0 Å². The molecule has 0 spiro atoms. The molecule has 0 aliphatic carbocycles. The molecular formula is C15H21N3. The smallest absolute Gasteiger partial charge is 0.205 e. The summed E-state index contributed by atoms with van der Waals surface area (Å²) in [6, 6.07) is 4.64. The summed E-state index contributed by atoms with van der Waals surface area (Å²) in [4.78, 5) is 9.51. The second-order valence-corrected chi connectivity index (χ2v) is 5.26. The molecule has 0 fully saturated rings. The highest BCUT2D eigenvalue weighted by Gasteiger charge is 2.33. The van der Waals surface area contributed by atoms with E-state index in [4.69, 9.17) is 4.99 Å². The number of hydrogen-bond acceptors (Lipinski definition) is 3. The number of benzene rings is 1. The number of hydrogen-bond donors (Lipinski definition) is 0. The van der Waals surface area contributed by atoms with Crippen molar-refractivity contribution in [3.63, 3.8) is 0 Å². The number of aryl methyl sites for hydroxylation is 2. The third kappa shape index (κ3) is 1.61. The van der Waals surface area contributed by atoms with Gasteiger partial charge in [-0.15, -0.1) is 0 Å². The molecule has 0 radical (unpaired) electrons. The first-order chi connectivity index (χ1) is 8.72. The van der Waals surface area contributed by atoms with Crippen molar-refractivity contribution in [3.8, 4) is 0 Å². The van der Waals surface area contributed by atoms with Crippen LogP contribution in [0.25, 0.3) is 0 Å². The van der Waals surface area contributed by atoms with Gasteiger partial charge >= 0.3 is 0 Å². The summed E-state index contributed by atoms with van der Waals surface area (Å²) < 4.78 is 0. The predicted molar refractivity (Wildman–Crippen MR) is 77.8 cm³/mol. The SMILES string of the molecule is CCCN1C2=NCCCN2c2cc(C)c(C)cc21. The second-order valence-electron chi connectivity index (χ2n) is 5.26. The van der Waals surface area contributed by atoms with Crippen molar-refractivity contribution < 1.29 is 0 Å². The third-order valence-corrected chi connectivity index (χ3v) is 3.90. The maximum absolute atomic E-state index is 4.73. The molecule has 1 aromatic rings. The van der Waals surface area contributed by atoms with E-state index in [9.17, 15) is 0 Å². The van der Waals surface area contributed by atoms with Crippen molar-refractivity contribution in [1.29, 1.82) is 0 Å². The number of aliphatic imine (C=N–C) groups is 1. The van der Waals surface area contributed by atoms with Crippen LogP contribution in [0.2, 0.25) is 0 Å². The summed E-state index contributed by atoms with van der Waals surface area (Å²) in [6.07, 6.45) is 2.31. The van der Waals surface area contributed by atoms with Crippen LogP contribution in [-0.4, -0.2) is 25.6 Å². The summed E-state index contributed by atoms with van der Waals surface area (Å²) in [5.74, 6) is 1.17. The summed E-state index contributed by atoms with van der Waals surface area (Å²) >= 11 is 0. The first kappa shape index (κ1) is 11.6. The first-order valence-corrected chi connectivity index (χ1v) is 6.93. The summed E-state index contributed by atoms with van der Waals surface area (Å²) in [7, 11) is 0. The van der Waals surface area contributed by atoms with Gasteiger partial charge in [0.05, 0.1) is 11.4 Å². The molecule has 0 N–H and O–H groups in total. The predicted octanol–water partition coefficient (Wildman–Crippen LogP) is 3.10. The first-order valence-electron chi connectivity index (χ1n) is 6.93. The fourth-order valence-corrected chi connectivity index (χ4v) is 2.82. The maximum atomic E-state index is 4.73. The summed E-state index contributed by atoms with van der Waals surface area (Å²) in [6.45, 7) is 9.75. The Balaban J connectivity index is 2.13. The number of rotatable bonds is 2. The molecule has 0 saturated carbocycles. The molecule has 0 amide bonds. The molecule has 1 aromatic carbocycles. The average molecular weight is 243 g/mol. The number of fused-ring (bicyclic) bond motifs is 3. The Kier molecular flexibility index (Phi) is 2.77. The highest BCUT2D eigenvalue weighted by atomic mass is 15.4. The fourth-order valence-electron chi connectivity index (χ4n) is 2.82. The molecule has 2 aliphatic rings. The van der Waals surface area contributed by atoms with Crippen LogP contribution in [0.5, 0.6) is 0 Å². The van der Waals surface area contributed by atoms with Crippen molar-refractivity contribution in [2.75, 3.05) is 29.4 Å². The standard InChI is InChI=1S/C15H21N3/c1-4-7-17-13-9-11(2)12(3)10-14(13)18-8-5-6-16-15(17)18/h9-10H,4-8H2,1-3H3. The molecular weight excluding hydrogens is 222 g/mol. The van der Waals surface area contributed by atoms with Gasteiger partial charge in [-0.1, -0.05) is 6.92 Å². The van der Waals surface area contributed by atoms with E-state index < -0.39 is 0 Å². The molecule has 0 bridgehead atoms. The van der Waals surface area contributed by atoms with E-state index in [1.54, 1.807) is 0 Å².